The van der Waals surface area contributed by atoms with Crippen LogP contribution in [0.4, 0.5) is 0 Å². The van der Waals surface area contributed by atoms with Crippen molar-refractivity contribution in [1.29, 1.82) is 0 Å². The van der Waals surface area contributed by atoms with Crippen LogP contribution >= 0.6 is 0 Å². The Bertz CT molecular complexity index is 349. The molecule has 13 heavy (non-hydrogen) atoms. The van der Waals surface area contributed by atoms with Gasteiger partial charge in [0.25, 0.3) is 0 Å². The summed E-state index contributed by atoms with van der Waals surface area (Å²) in [5, 5.41) is 2.90. The molecule has 0 spiro atoms. The summed E-state index contributed by atoms with van der Waals surface area (Å²) in [6.07, 6.45) is 3.90. The van der Waals surface area contributed by atoms with Crippen LogP contribution in [0.3, 0.4) is 0 Å². The molecule has 0 aromatic carbocycles. The minimum absolute atomic E-state index is 0.552. The zero-order chi connectivity index (χ0) is 9.52. The van der Waals surface area contributed by atoms with Crippen LogP contribution in [0.2, 0.25) is 0 Å². The number of carbonyl (C=O) groups excluding carboxylic acids is 1. The summed E-state index contributed by atoms with van der Waals surface area (Å²) in [5.41, 5.74) is 1.32. The van der Waals surface area contributed by atoms with Crippen molar-refractivity contribution >= 4 is 6.29 Å². The van der Waals surface area contributed by atoms with Crippen LogP contribution in [-0.4, -0.2) is 24.9 Å². The first-order valence-corrected chi connectivity index (χ1v) is 3.90. The van der Waals surface area contributed by atoms with E-state index in [0.717, 1.165) is 11.8 Å². The fourth-order valence-corrected chi connectivity index (χ4v) is 0.825. The topological polar surface area (TPSA) is 42.0 Å². The Morgan fingerprint density at radius 3 is 3.15 bits per heavy atom. The summed E-state index contributed by atoms with van der Waals surface area (Å²) in [6.45, 7) is 0.630. The molecule has 0 amide bonds. The second kappa shape index (κ2) is 5.07. The summed E-state index contributed by atoms with van der Waals surface area (Å²) in [5.74, 6) is 5.77. The first-order chi connectivity index (χ1) is 6.36. The number of nitrogens with zero attached hydrogens (tertiary/aromatic N) is 1. The van der Waals surface area contributed by atoms with Crippen LogP contribution < -0.4 is 5.32 Å². The molecular formula is C10H10N2O. The van der Waals surface area contributed by atoms with E-state index in [1.165, 1.54) is 6.20 Å². The lowest BCUT2D eigenvalue weighted by Crippen LogP contribution is -2.04. The fraction of sp³-hybridized carbons (Fsp3) is 0.200. The van der Waals surface area contributed by atoms with Crippen LogP contribution in [0.1, 0.15) is 15.9 Å². The molecule has 0 aliphatic rings. The molecular weight excluding hydrogens is 164 g/mol. The zero-order valence-electron chi connectivity index (χ0n) is 7.37. The van der Waals surface area contributed by atoms with Crippen molar-refractivity contribution in [3.8, 4) is 11.8 Å². The maximum Gasteiger partial charge on any atom is 0.151 e. The van der Waals surface area contributed by atoms with E-state index in [4.69, 9.17) is 0 Å². The summed E-state index contributed by atoms with van der Waals surface area (Å²) in [4.78, 5) is 14.3. The molecule has 1 aromatic heterocycles. The lowest BCUT2D eigenvalue weighted by molar-refractivity contribution is 0.112. The third-order valence-corrected chi connectivity index (χ3v) is 1.39. The van der Waals surface area contributed by atoms with Crippen molar-refractivity contribution in [2.75, 3.05) is 13.6 Å². The monoisotopic (exact) mass is 174 g/mol. The molecule has 1 aromatic rings. The van der Waals surface area contributed by atoms with Gasteiger partial charge in [-0.1, -0.05) is 11.8 Å². The van der Waals surface area contributed by atoms with Gasteiger partial charge in [-0.2, -0.15) is 0 Å². The van der Waals surface area contributed by atoms with Gasteiger partial charge in [-0.3, -0.25) is 9.78 Å². The lowest BCUT2D eigenvalue weighted by atomic mass is 10.2. The van der Waals surface area contributed by atoms with Crippen LogP contribution in [0.5, 0.6) is 0 Å². The summed E-state index contributed by atoms with van der Waals surface area (Å²) < 4.78 is 0. The van der Waals surface area contributed by atoms with Crippen molar-refractivity contribution in [2.24, 2.45) is 0 Å². The van der Waals surface area contributed by atoms with E-state index in [0.29, 0.717) is 12.1 Å². The van der Waals surface area contributed by atoms with E-state index in [2.05, 4.69) is 22.1 Å². The van der Waals surface area contributed by atoms with E-state index in [-0.39, 0.29) is 0 Å². The number of carbonyl (C=O) groups is 1. The molecule has 1 N–H and O–H groups in total. The Hall–Kier alpha value is -1.66. The van der Waals surface area contributed by atoms with Gasteiger partial charge in [0.15, 0.2) is 6.29 Å². The smallest absolute Gasteiger partial charge is 0.151 e. The molecule has 1 rings (SSSR count). The molecule has 3 nitrogen and oxygen atoms in total. The standard InChI is InChI=1S/C10H10N2O/c1-11-4-2-3-9-5-10(8-13)7-12-6-9/h5-8,11H,4H2,1H3. The largest absolute Gasteiger partial charge is 0.309 e. The number of aromatic nitrogens is 1. The highest BCUT2D eigenvalue weighted by atomic mass is 16.1. The molecule has 0 fully saturated rings. The highest BCUT2D eigenvalue weighted by Gasteiger charge is 1.90. The third kappa shape index (κ3) is 3.06. The maximum absolute atomic E-state index is 10.4. The molecule has 66 valence electrons. The SMILES string of the molecule is CNCC#Cc1cncc(C=O)c1. The van der Waals surface area contributed by atoms with Crippen LogP contribution in [-0.2, 0) is 0 Å². The van der Waals surface area contributed by atoms with Crippen molar-refractivity contribution < 1.29 is 4.79 Å². The normalized spacial score (nSPS) is 8.69. The van der Waals surface area contributed by atoms with E-state index >= 15 is 0 Å². The third-order valence-electron chi connectivity index (χ3n) is 1.39. The first-order valence-electron chi connectivity index (χ1n) is 3.90. The molecule has 3 heteroatoms. The summed E-state index contributed by atoms with van der Waals surface area (Å²) in [7, 11) is 1.83. The van der Waals surface area contributed by atoms with Gasteiger partial charge in [-0.15, -0.1) is 0 Å². The van der Waals surface area contributed by atoms with Crippen molar-refractivity contribution in [3.05, 3.63) is 29.6 Å². The molecule has 0 aliphatic carbocycles. The van der Waals surface area contributed by atoms with Gasteiger partial charge in [-0.05, 0) is 13.1 Å². The average Bonchev–Trinajstić information content (AvgIpc) is 2.19. The Balaban J connectivity index is 2.79. The number of aldehydes is 1. The second-order valence-electron chi connectivity index (χ2n) is 2.46. The lowest BCUT2D eigenvalue weighted by Gasteiger charge is -1.90. The predicted octanol–water partition coefficient (Wildman–Crippen LogP) is 0.465. The summed E-state index contributed by atoms with van der Waals surface area (Å²) in [6, 6.07) is 1.71. The van der Waals surface area contributed by atoms with Crippen LogP contribution in [0.25, 0.3) is 0 Å². The Morgan fingerprint density at radius 2 is 2.46 bits per heavy atom. The number of hydrogen-bond donors (Lipinski definition) is 1. The average molecular weight is 174 g/mol. The van der Waals surface area contributed by atoms with Crippen LogP contribution in [0.15, 0.2) is 18.5 Å². The van der Waals surface area contributed by atoms with E-state index in [1.54, 1.807) is 12.3 Å². The minimum atomic E-state index is 0.552. The number of rotatable bonds is 2. The van der Waals surface area contributed by atoms with Gasteiger partial charge >= 0.3 is 0 Å². The van der Waals surface area contributed by atoms with Gasteiger partial charge in [0.05, 0.1) is 6.54 Å². The number of pyridine rings is 1. The molecule has 0 saturated heterocycles. The Labute approximate surface area is 77.2 Å². The number of hydrogen-bond acceptors (Lipinski definition) is 3. The van der Waals surface area contributed by atoms with E-state index < -0.39 is 0 Å². The second-order valence-corrected chi connectivity index (χ2v) is 2.46. The molecule has 1 heterocycles. The molecule has 0 unspecified atom stereocenters. The van der Waals surface area contributed by atoms with Gasteiger partial charge < -0.3 is 5.32 Å². The Morgan fingerprint density at radius 1 is 1.62 bits per heavy atom. The quantitative estimate of drug-likeness (QED) is 0.523. The molecule has 0 radical (unpaired) electrons. The first kappa shape index (κ1) is 9.43. The predicted molar refractivity (Wildman–Crippen MR) is 50.4 cm³/mol. The van der Waals surface area contributed by atoms with Gasteiger partial charge in [0.2, 0.25) is 0 Å². The van der Waals surface area contributed by atoms with Crippen molar-refractivity contribution in [1.82, 2.24) is 10.3 Å². The maximum atomic E-state index is 10.4. The fourth-order valence-electron chi connectivity index (χ4n) is 0.825. The van der Waals surface area contributed by atoms with E-state index in [1.807, 2.05) is 7.05 Å². The van der Waals surface area contributed by atoms with E-state index in [9.17, 15) is 4.79 Å². The van der Waals surface area contributed by atoms with Crippen molar-refractivity contribution in [2.45, 2.75) is 0 Å². The molecule has 0 saturated carbocycles. The van der Waals surface area contributed by atoms with Gasteiger partial charge in [-0.25, -0.2) is 0 Å². The zero-order valence-corrected chi connectivity index (χ0v) is 7.37. The molecule has 0 atom stereocenters. The van der Waals surface area contributed by atoms with Gasteiger partial charge in [0, 0.05) is 23.5 Å². The Kier molecular flexibility index (Phi) is 3.68. The van der Waals surface area contributed by atoms with Crippen LogP contribution in [0, 0.1) is 11.8 Å². The highest BCUT2D eigenvalue weighted by molar-refractivity contribution is 5.74. The highest BCUT2D eigenvalue weighted by Crippen LogP contribution is 1.97. The van der Waals surface area contributed by atoms with Gasteiger partial charge in [0.1, 0.15) is 0 Å². The molecule has 0 bridgehead atoms. The molecule has 0 aliphatic heterocycles. The summed E-state index contributed by atoms with van der Waals surface area (Å²) >= 11 is 0. The number of nitrogens with one attached hydrogen (secondary N) is 1. The minimum Gasteiger partial charge on any atom is -0.309 e. The van der Waals surface area contributed by atoms with Crippen molar-refractivity contribution in [3.63, 3.8) is 0 Å².